The van der Waals surface area contributed by atoms with Crippen molar-refractivity contribution in [2.24, 2.45) is 0 Å². The molecule has 0 saturated heterocycles. The van der Waals surface area contributed by atoms with Crippen molar-refractivity contribution in [2.75, 3.05) is 18.1 Å². The van der Waals surface area contributed by atoms with Gasteiger partial charge in [-0.3, -0.25) is 0 Å². The van der Waals surface area contributed by atoms with E-state index in [0.29, 0.717) is 5.88 Å². The number of nitrogens with zero attached hydrogens (tertiary/aromatic N) is 2. The number of rotatable bonds is 6. The third kappa shape index (κ3) is 3.67. The number of hydrogen-bond acceptors (Lipinski definition) is 5. The Kier molecular flexibility index (Phi) is 5.44. The van der Waals surface area contributed by atoms with E-state index in [1.54, 1.807) is 18.1 Å². The van der Waals surface area contributed by atoms with Gasteiger partial charge in [0, 0.05) is 11.4 Å². The van der Waals surface area contributed by atoms with Crippen LogP contribution in [0.2, 0.25) is 0 Å². The van der Waals surface area contributed by atoms with Gasteiger partial charge in [-0.05, 0) is 31.2 Å². The molecule has 0 atom stereocenters. The lowest BCUT2D eigenvalue weighted by Crippen LogP contribution is -2.07. The second kappa shape index (κ2) is 7.31. The Morgan fingerprint density at radius 1 is 1.24 bits per heavy atom. The molecule has 0 radical (unpaired) electrons. The normalized spacial score (nSPS) is 10.7. The van der Waals surface area contributed by atoms with Gasteiger partial charge in [0.15, 0.2) is 0 Å². The van der Waals surface area contributed by atoms with Gasteiger partial charge in [0.2, 0.25) is 5.88 Å². The summed E-state index contributed by atoms with van der Waals surface area (Å²) < 4.78 is 6.07. The van der Waals surface area contributed by atoms with E-state index in [2.05, 4.69) is 36.1 Å². The molecule has 4 nitrogen and oxygen atoms in total. The molecule has 5 heteroatoms. The van der Waals surface area contributed by atoms with Gasteiger partial charge in [0.1, 0.15) is 17.9 Å². The summed E-state index contributed by atoms with van der Waals surface area (Å²) in [7, 11) is 0. The first-order valence-electron chi connectivity index (χ1n) is 7.07. The van der Waals surface area contributed by atoms with Crippen molar-refractivity contribution in [3.8, 4) is 11.6 Å². The molecule has 0 fully saturated rings. The van der Waals surface area contributed by atoms with Gasteiger partial charge in [-0.2, -0.15) is 0 Å². The highest BCUT2D eigenvalue weighted by atomic mass is 32.2. The summed E-state index contributed by atoms with van der Waals surface area (Å²) in [5.74, 6) is 2.57. The molecule has 21 heavy (non-hydrogen) atoms. The van der Waals surface area contributed by atoms with Crippen LogP contribution in [0.15, 0.2) is 35.5 Å². The van der Waals surface area contributed by atoms with Crippen LogP contribution in [-0.4, -0.2) is 22.8 Å². The predicted octanol–water partition coefficient (Wildman–Crippen LogP) is 4.55. The fourth-order valence-electron chi connectivity index (χ4n) is 2.10. The van der Waals surface area contributed by atoms with E-state index in [0.717, 1.165) is 28.6 Å². The Labute approximate surface area is 130 Å². The molecule has 2 rings (SSSR count). The number of aromatic nitrogens is 2. The van der Waals surface area contributed by atoms with Gasteiger partial charge in [0.25, 0.3) is 0 Å². The fraction of sp³-hybridized carbons (Fsp3) is 0.375. The summed E-state index contributed by atoms with van der Waals surface area (Å²) in [6, 6.07) is 7.98. The topological polar surface area (TPSA) is 47.0 Å². The van der Waals surface area contributed by atoms with Gasteiger partial charge < -0.3 is 10.1 Å². The van der Waals surface area contributed by atoms with Crippen LogP contribution in [0.4, 0.5) is 5.82 Å². The maximum absolute atomic E-state index is 6.07. The van der Waals surface area contributed by atoms with Crippen molar-refractivity contribution in [3.05, 3.63) is 36.2 Å². The zero-order valence-electron chi connectivity index (χ0n) is 12.9. The van der Waals surface area contributed by atoms with Crippen LogP contribution in [0, 0.1) is 0 Å². The smallest absolute Gasteiger partial charge is 0.227 e. The number of thioether (sulfide) groups is 1. The molecule has 1 aromatic heterocycles. The highest BCUT2D eigenvalue weighted by Crippen LogP contribution is 2.36. The second-order valence-electron chi connectivity index (χ2n) is 4.88. The first kappa shape index (κ1) is 15.6. The SMILES string of the molecule is CCNc1ncnc(Oc2ccccc2SC)c1C(C)C. The quantitative estimate of drug-likeness (QED) is 0.793. The zero-order chi connectivity index (χ0) is 15.2. The Morgan fingerprint density at radius 3 is 2.67 bits per heavy atom. The van der Waals surface area contributed by atoms with E-state index in [4.69, 9.17) is 4.74 Å². The molecule has 1 N–H and O–H groups in total. The van der Waals surface area contributed by atoms with E-state index in [1.807, 2.05) is 30.5 Å². The van der Waals surface area contributed by atoms with Crippen molar-refractivity contribution in [1.82, 2.24) is 9.97 Å². The van der Waals surface area contributed by atoms with Crippen LogP contribution in [-0.2, 0) is 0 Å². The Morgan fingerprint density at radius 2 is 2.00 bits per heavy atom. The van der Waals surface area contributed by atoms with Crippen LogP contribution in [0.5, 0.6) is 11.6 Å². The van der Waals surface area contributed by atoms with Crippen molar-refractivity contribution in [1.29, 1.82) is 0 Å². The zero-order valence-corrected chi connectivity index (χ0v) is 13.7. The number of para-hydroxylation sites is 1. The minimum Gasteiger partial charge on any atom is -0.437 e. The van der Waals surface area contributed by atoms with Crippen LogP contribution in [0.25, 0.3) is 0 Å². The second-order valence-corrected chi connectivity index (χ2v) is 5.73. The molecule has 0 aliphatic rings. The van der Waals surface area contributed by atoms with E-state index >= 15 is 0 Å². The lowest BCUT2D eigenvalue weighted by Gasteiger charge is -2.17. The largest absolute Gasteiger partial charge is 0.437 e. The molecule has 0 amide bonds. The van der Waals surface area contributed by atoms with Crippen molar-refractivity contribution in [2.45, 2.75) is 31.6 Å². The summed E-state index contributed by atoms with van der Waals surface area (Å²) in [6.45, 7) is 7.10. The number of anilines is 1. The fourth-order valence-corrected chi connectivity index (χ4v) is 2.62. The van der Waals surface area contributed by atoms with Gasteiger partial charge in [0.05, 0.1) is 5.56 Å². The maximum Gasteiger partial charge on any atom is 0.227 e. The number of benzene rings is 1. The molecule has 0 saturated carbocycles. The Balaban J connectivity index is 2.41. The number of ether oxygens (including phenoxy) is 1. The summed E-state index contributed by atoms with van der Waals surface area (Å²) in [6.07, 6.45) is 3.58. The third-order valence-corrected chi connectivity index (χ3v) is 3.82. The highest BCUT2D eigenvalue weighted by Gasteiger charge is 2.17. The summed E-state index contributed by atoms with van der Waals surface area (Å²) >= 11 is 1.66. The molecule has 1 heterocycles. The van der Waals surface area contributed by atoms with E-state index in [-0.39, 0.29) is 5.92 Å². The molecule has 2 aromatic rings. The third-order valence-electron chi connectivity index (χ3n) is 3.04. The molecule has 0 aliphatic carbocycles. The lowest BCUT2D eigenvalue weighted by molar-refractivity contribution is 0.442. The van der Waals surface area contributed by atoms with Crippen molar-refractivity contribution < 1.29 is 4.74 Å². The standard InChI is InChI=1S/C16H21N3OS/c1-5-17-15-14(11(2)3)16(19-10-18-15)20-12-8-6-7-9-13(12)21-4/h6-11H,5H2,1-4H3,(H,17,18,19). The molecule has 0 spiro atoms. The summed E-state index contributed by atoms with van der Waals surface area (Å²) in [5.41, 5.74) is 1.01. The molecule has 0 unspecified atom stereocenters. The minimum atomic E-state index is 0.275. The lowest BCUT2D eigenvalue weighted by atomic mass is 10.1. The summed E-state index contributed by atoms with van der Waals surface area (Å²) in [5, 5.41) is 3.28. The van der Waals surface area contributed by atoms with Gasteiger partial charge in [-0.25, -0.2) is 9.97 Å². The van der Waals surface area contributed by atoms with Crippen molar-refractivity contribution >= 4 is 17.6 Å². The maximum atomic E-state index is 6.07. The van der Waals surface area contributed by atoms with Crippen LogP contribution < -0.4 is 10.1 Å². The van der Waals surface area contributed by atoms with E-state index < -0.39 is 0 Å². The van der Waals surface area contributed by atoms with Gasteiger partial charge >= 0.3 is 0 Å². The minimum absolute atomic E-state index is 0.275. The Hall–Kier alpha value is -1.75. The molecular weight excluding hydrogens is 282 g/mol. The average Bonchev–Trinajstić information content (AvgIpc) is 2.48. The first-order valence-corrected chi connectivity index (χ1v) is 8.29. The van der Waals surface area contributed by atoms with Gasteiger partial charge in [-0.1, -0.05) is 26.0 Å². The Bertz CT molecular complexity index is 602. The molecule has 112 valence electrons. The van der Waals surface area contributed by atoms with Crippen LogP contribution in [0.1, 0.15) is 32.3 Å². The van der Waals surface area contributed by atoms with Gasteiger partial charge in [-0.15, -0.1) is 11.8 Å². The monoisotopic (exact) mass is 303 g/mol. The van der Waals surface area contributed by atoms with Crippen molar-refractivity contribution in [3.63, 3.8) is 0 Å². The van der Waals surface area contributed by atoms with Crippen LogP contribution in [0.3, 0.4) is 0 Å². The first-order chi connectivity index (χ1) is 10.2. The number of nitrogens with one attached hydrogen (secondary N) is 1. The highest BCUT2D eigenvalue weighted by molar-refractivity contribution is 7.98. The average molecular weight is 303 g/mol. The molecule has 0 bridgehead atoms. The van der Waals surface area contributed by atoms with E-state index in [9.17, 15) is 0 Å². The molecule has 1 aromatic carbocycles. The number of hydrogen-bond donors (Lipinski definition) is 1. The van der Waals surface area contributed by atoms with Crippen LogP contribution >= 0.6 is 11.8 Å². The van der Waals surface area contributed by atoms with E-state index in [1.165, 1.54) is 0 Å². The predicted molar refractivity (Wildman–Crippen MR) is 88.6 cm³/mol. The summed E-state index contributed by atoms with van der Waals surface area (Å²) in [4.78, 5) is 9.75. The molecular formula is C16H21N3OS. The molecule has 0 aliphatic heterocycles.